The number of ether oxygens (including phenoxy) is 3. The number of rotatable bonds is 10. The Morgan fingerprint density at radius 3 is 2.83 bits per heavy atom. The molecule has 0 unspecified atom stereocenters. The molecule has 35 heavy (non-hydrogen) atoms. The lowest BCUT2D eigenvalue weighted by Crippen LogP contribution is -2.33. The van der Waals surface area contributed by atoms with E-state index in [9.17, 15) is 4.79 Å². The maximum Gasteiger partial charge on any atom is 0.407 e. The van der Waals surface area contributed by atoms with Crippen LogP contribution in [0.15, 0.2) is 53.5 Å². The first kappa shape index (κ1) is 26.7. The maximum atomic E-state index is 11.9. The molecule has 3 rings (SSSR count). The number of anilines is 1. The number of hydrogen-bond acceptors (Lipinski definition) is 5. The molecule has 0 saturated heterocycles. The minimum atomic E-state index is -0.500. The number of hydrogen-bond donors (Lipinski definition) is 1. The fourth-order valence-corrected chi connectivity index (χ4v) is 4.15. The Morgan fingerprint density at radius 2 is 2.06 bits per heavy atom. The molecule has 7 heteroatoms. The van der Waals surface area contributed by atoms with Crippen LogP contribution in [0.1, 0.15) is 45.6 Å². The van der Waals surface area contributed by atoms with Crippen molar-refractivity contribution in [1.29, 1.82) is 0 Å². The van der Waals surface area contributed by atoms with Crippen molar-refractivity contribution in [3.8, 4) is 12.3 Å². The van der Waals surface area contributed by atoms with E-state index >= 15 is 0 Å². The van der Waals surface area contributed by atoms with Gasteiger partial charge in [0.25, 0.3) is 0 Å². The number of unbranched alkanes of at least 4 members (excludes halogenated alkanes) is 1. The van der Waals surface area contributed by atoms with Gasteiger partial charge in [-0.3, -0.25) is 0 Å². The van der Waals surface area contributed by atoms with Crippen molar-refractivity contribution in [3.05, 3.63) is 64.0 Å². The summed E-state index contributed by atoms with van der Waals surface area (Å²) in [5.41, 5.74) is 4.23. The normalized spacial score (nSPS) is 14.9. The van der Waals surface area contributed by atoms with Crippen LogP contribution in [-0.4, -0.2) is 44.6 Å². The Labute approximate surface area is 213 Å². The summed E-state index contributed by atoms with van der Waals surface area (Å²) < 4.78 is 16.5. The monoisotopic (exact) mass is 498 g/mol. The zero-order valence-corrected chi connectivity index (χ0v) is 21.6. The number of carbonyl (C=O) groups is 1. The van der Waals surface area contributed by atoms with E-state index in [0.29, 0.717) is 31.4 Å². The molecule has 188 valence electrons. The van der Waals surface area contributed by atoms with Crippen LogP contribution >= 0.6 is 11.6 Å². The van der Waals surface area contributed by atoms with E-state index in [1.165, 1.54) is 11.1 Å². The third kappa shape index (κ3) is 8.38. The van der Waals surface area contributed by atoms with Gasteiger partial charge in [-0.1, -0.05) is 29.7 Å². The van der Waals surface area contributed by atoms with Gasteiger partial charge in [0.2, 0.25) is 0 Å². The highest BCUT2D eigenvalue weighted by molar-refractivity contribution is 6.30. The van der Waals surface area contributed by atoms with Crippen LogP contribution in [-0.2, 0) is 20.6 Å². The van der Waals surface area contributed by atoms with Gasteiger partial charge >= 0.3 is 6.09 Å². The number of nitrogens with zero attached hydrogens (tertiary/aromatic N) is 1. The van der Waals surface area contributed by atoms with Crippen molar-refractivity contribution in [2.75, 3.05) is 37.8 Å². The number of fused-ring (bicyclic) bond motifs is 2. The van der Waals surface area contributed by atoms with Crippen molar-refractivity contribution >= 4 is 23.4 Å². The molecule has 1 aliphatic carbocycles. The average molecular weight is 499 g/mol. The van der Waals surface area contributed by atoms with Crippen molar-refractivity contribution in [3.63, 3.8) is 0 Å². The van der Waals surface area contributed by atoms with E-state index in [1.807, 2.05) is 39.0 Å². The Bertz CT molecular complexity index is 1030. The van der Waals surface area contributed by atoms with Crippen LogP contribution < -0.4 is 10.2 Å². The fourth-order valence-electron chi connectivity index (χ4n) is 3.98. The molecule has 0 spiro atoms. The van der Waals surface area contributed by atoms with Gasteiger partial charge in [0, 0.05) is 35.9 Å². The molecule has 0 saturated carbocycles. The number of halogens is 1. The highest BCUT2D eigenvalue weighted by atomic mass is 35.5. The molecule has 1 amide bonds. The van der Waals surface area contributed by atoms with E-state index in [-0.39, 0.29) is 6.09 Å². The molecule has 0 fully saturated rings. The van der Waals surface area contributed by atoms with Gasteiger partial charge in [0.05, 0.1) is 6.61 Å². The fraction of sp³-hybridized carbons (Fsp3) is 0.464. The molecule has 0 aromatic heterocycles. The third-order valence-corrected chi connectivity index (χ3v) is 5.73. The molecule has 1 N–H and O–H groups in total. The summed E-state index contributed by atoms with van der Waals surface area (Å²) in [5.74, 6) is 3.37. The maximum absolute atomic E-state index is 11.9. The summed E-state index contributed by atoms with van der Waals surface area (Å²) in [6, 6.07) is 6.07. The lowest BCUT2D eigenvalue weighted by Gasteiger charge is -2.31. The van der Waals surface area contributed by atoms with Gasteiger partial charge in [0.1, 0.15) is 24.6 Å². The summed E-state index contributed by atoms with van der Waals surface area (Å²) in [5, 5.41) is 3.55. The largest absolute Gasteiger partial charge is 0.495 e. The molecule has 0 radical (unpaired) electrons. The van der Waals surface area contributed by atoms with Gasteiger partial charge in [-0.15, -0.1) is 6.42 Å². The third-order valence-electron chi connectivity index (χ3n) is 5.50. The number of benzene rings is 1. The van der Waals surface area contributed by atoms with Gasteiger partial charge in [-0.05, 0) is 75.5 Å². The van der Waals surface area contributed by atoms with Crippen LogP contribution in [0, 0.1) is 12.3 Å². The van der Waals surface area contributed by atoms with E-state index in [2.05, 4.69) is 34.4 Å². The number of amides is 1. The highest BCUT2D eigenvalue weighted by Gasteiger charge is 2.24. The number of allylic oxidation sites excluding steroid dienone is 5. The van der Waals surface area contributed by atoms with Crippen molar-refractivity contribution < 1.29 is 19.0 Å². The first-order chi connectivity index (χ1) is 16.8. The molecule has 1 aromatic rings. The SMILES string of the molecule is C#CCOCCOC1=CC=C2C(=CCc3ccc(Cl)cc3N2CCCCNC(=O)OC(C)(C)C)C1. The standard InChI is InChI=1S/C28H35ClN2O4/c1-5-16-33-17-18-34-24-12-13-25-22(19-24)9-8-21-10-11-23(29)20-26(21)31(25)15-7-6-14-30-27(32)35-28(2,3)4/h1,9-13,20H,6-8,14-19H2,2-4H3,(H,30,32). The smallest absolute Gasteiger partial charge is 0.407 e. The summed E-state index contributed by atoms with van der Waals surface area (Å²) in [4.78, 5) is 14.2. The van der Waals surface area contributed by atoms with E-state index in [0.717, 1.165) is 49.4 Å². The molecule has 1 aromatic carbocycles. The second kappa shape index (κ2) is 12.7. The molecule has 2 aliphatic rings. The van der Waals surface area contributed by atoms with Crippen LogP contribution in [0.5, 0.6) is 0 Å². The number of terminal acetylenes is 1. The van der Waals surface area contributed by atoms with Gasteiger partial charge in [-0.2, -0.15) is 0 Å². The predicted octanol–water partition coefficient (Wildman–Crippen LogP) is 5.77. The molecule has 0 atom stereocenters. The van der Waals surface area contributed by atoms with Crippen LogP contribution in [0.3, 0.4) is 0 Å². The molecule has 1 heterocycles. The minimum Gasteiger partial charge on any atom is -0.495 e. The van der Waals surface area contributed by atoms with Crippen molar-refractivity contribution in [2.24, 2.45) is 0 Å². The number of nitrogens with one attached hydrogen (secondary N) is 1. The quantitative estimate of drug-likeness (QED) is 0.327. The molecular weight excluding hydrogens is 464 g/mol. The lowest BCUT2D eigenvalue weighted by atomic mass is 10.0. The second-order valence-electron chi connectivity index (χ2n) is 9.46. The van der Waals surface area contributed by atoms with E-state index < -0.39 is 5.60 Å². The Kier molecular flexibility index (Phi) is 9.71. The van der Waals surface area contributed by atoms with Gasteiger partial charge in [0.15, 0.2) is 0 Å². The Balaban J connectivity index is 1.65. The summed E-state index contributed by atoms with van der Waals surface area (Å²) in [7, 11) is 0. The summed E-state index contributed by atoms with van der Waals surface area (Å²) in [6.07, 6.45) is 14.5. The van der Waals surface area contributed by atoms with Crippen LogP contribution in [0.4, 0.5) is 10.5 Å². The predicted molar refractivity (Wildman–Crippen MR) is 140 cm³/mol. The first-order valence-electron chi connectivity index (χ1n) is 12.0. The minimum absolute atomic E-state index is 0.292. The lowest BCUT2D eigenvalue weighted by molar-refractivity contribution is 0.0527. The Morgan fingerprint density at radius 1 is 1.23 bits per heavy atom. The Hall–Kier alpha value is -2.88. The van der Waals surface area contributed by atoms with Crippen molar-refractivity contribution in [1.82, 2.24) is 5.32 Å². The first-order valence-corrected chi connectivity index (χ1v) is 12.4. The second-order valence-corrected chi connectivity index (χ2v) is 9.90. The zero-order chi connectivity index (χ0) is 25.3. The topological polar surface area (TPSA) is 60.0 Å². The highest BCUT2D eigenvalue weighted by Crippen LogP contribution is 2.38. The summed E-state index contributed by atoms with van der Waals surface area (Å²) in [6.45, 7) is 8.16. The van der Waals surface area contributed by atoms with Crippen molar-refractivity contribution in [2.45, 2.75) is 52.1 Å². The van der Waals surface area contributed by atoms with Crippen LogP contribution in [0.25, 0.3) is 0 Å². The molecule has 1 aliphatic heterocycles. The van der Waals surface area contributed by atoms with Crippen LogP contribution in [0.2, 0.25) is 5.02 Å². The molecule has 6 nitrogen and oxygen atoms in total. The summed E-state index contributed by atoms with van der Waals surface area (Å²) >= 11 is 6.38. The van der Waals surface area contributed by atoms with Gasteiger partial charge in [-0.25, -0.2) is 4.79 Å². The van der Waals surface area contributed by atoms with Gasteiger partial charge < -0.3 is 24.4 Å². The molecular formula is C28H35ClN2O4. The molecule has 0 bridgehead atoms. The number of carbonyl (C=O) groups excluding carboxylic acids is 1. The average Bonchev–Trinajstić information content (AvgIpc) is 2.94. The zero-order valence-electron chi connectivity index (χ0n) is 20.9. The van der Waals surface area contributed by atoms with E-state index in [4.69, 9.17) is 32.2 Å². The van der Waals surface area contributed by atoms with E-state index in [1.54, 1.807) is 0 Å². The number of alkyl carbamates (subject to hydrolysis) is 1.